The lowest BCUT2D eigenvalue weighted by Crippen LogP contribution is -2.00. The van der Waals surface area contributed by atoms with E-state index < -0.39 is 0 Å². The van der Waals surface area contributed by atoms with E-state index in [-0.39, 0.29) is 0 Å². The SMILES string of the molecule is c1ccc(-c2cc3c(cc2-n2c4cc5ccccc5cc4c4ccc5ccccc5c42)oc2cccc(-c4nc(-c5ccc6ccccc6c5)nc(-c5ccc6c(c5)sc5ccccc56)n4)c23)cc1. The molecule has 0 atom stereocenters. The summed E-state index contributed by atoms with van der Waals surface area (Å²) in [4.78, 5) is 15.9. The Morgan fingerprint density at radius 3 is 1.83 bits per heavy atom. The fraction of sp³-hybridized carbons (Fsp3) is 0. The van der Waals surface area contributed by atoms with E-state index >= 15 is 0 Å². The number of nitrogens with zero attached hydrogens (tertiary/aromatic N) is 4. The first-order chi connectivity index (χ1) is 34.2. The number of fused-ring (bicyclic) bond motifs is 13. The van der Waals surface area contributed by atoms with Gasteiger partial charge in [-0.1, -0.05) is 170 Å². The van der Waals surface area contributed by atoms with Crippen LogP contribution in [-0.4, -0.2) is 19.5 Å². The summed E-state index contributed by atoms with van der Waals surface area (Å²) >= 11 is 1.79. The molecule has 11 aromatic carbocycles. The van der Waals surface area contributed by atoms with E-state index in [2.05, 4.69) is 217 Å². The Bertz CT molecular complexity index is 4620. The van der Waals surface area contributed by atoms with Crippen molar-refractivity contribution in [2.45, 2.75) is 0 Å². The Morgan fingerprint density at radius 1 is 0.348 bits per heavy atom. The van der Waals surface area contributed by atoms with Crippen LogP contribution in [0.2, 0.25) is 0 Å². The molecule has 0 fully saturated rings. The summed E-state index contributed by atoms with van der Waals surface area (Å²) in [5.74, 6) is 1.81. The molecule has 0 spiro atoms. The maximum Gasteiger partial charge on any atom is 0.164 e. The van der Waals surface area contributed by atoms with Gasteiger partial charge in [0.15, 0.2) is 17.5 Å². The minimum atomic E-state index is 0.582. The molecule has 6 heteroatoms. The Hall–Kier alpha value is -8.97. The number of hydrogen-bond acceptors (Lipinski definition) is 5. The molecule has 0 amide bonds. The molecule has 69 heavy (non-hydrogen) atoms. The number of rotatable bonds is 5. The van der Waals surface area contributed by atoms with E-state index in [1.165, 1.54) is 58.0 Å². The molecule has 4 heterocycles. The minimum Gasteiger partial charge on any atom is -0.456 e. The van der Waals surface area contributed by atoms with Gasteiger partial charge < -0.3 is 8.98 Å². The Balaban J connectivity index is 1.00. The second-order valence-corrected chi connectivity index (χ2v) is 19.0. The van der Waals surface area contributed by atoms with E-state index in [4.69, 9.17) is 19.4 Å². The zero-order valence-corrected chi connectivity index (χ0v) is 37.7. The average Bonchev–Trinajstić information content (AvgIpc) is 4.08. The molecule has 0 aliphatic rings. The predicted octanol–water partition coefficient (Wildman–Crippen LogP) is 17.4. The summed E-state index contributed by atoms with van der Waals surface area (Å²) in [7, 11) is 0. The third kappa shape index (κ3) is 5.92. The Kier molecular flexibility index (Phi) is 8.17. The van der Waals surface area contributed by atoms with Gasteiger partial charge in [0.25, 0.3) is 0 Å². The first-order valence-electron chi connectivity index (χ1n) is 23.2. The van der Waals surface area contributed by atoms with Crippen molar-refractivity contribution in [1.29, 1.82) is 0 Å². The first kappa shape index (κ1) is 38.2. The molecule has 0 bridgehead atoms. The molecular formula is C63H36N4OS. The zero-order chi connectivity index (χ0) is 45.2. The maximum atomic E-state index is 7.00. The van der Waals surface area contributed by atoms with Crippen LogP contribution in [0.25, 0.3) is 147 Å². The van der Waals surface area contributed by atoms with Crippen molar-refractivity contribution in [3.8, 4) is 51.0 Å². The fourth-order valence-electron chi connectivity index (χ4n) is 10.7. The molecular weight excluding hydrogens is 861 g/mol. The predicted molar refractivity (Wildman–Crippen MR) is 289 cm³/mol. The molecule has 5 nitrogen and oxygen atoms in total. The van der Waals surface area contributed by atoms with E-state index in [9.17, 15) is 0 Å². The highest BCUT2D eigenvalue weighted by molar-refractivity contribution is 7.25. The average molecular weight is 897 g/mol. The van der Waals surface area contributed by atoms with E-state index in [1.54, 1.807) is 11.3 Å². The van der Waals surface area contributed by atoms with Crippen molar-refractivity contribution in [3.05, 3.63) is 218 Å². The van der Waals surface area contributed by atoms with Crippen LogP contribution in [0.1, 0.15) is 0 Å². The normalized spacial score (nSPS) is 12.1. The van der Waals surface area contributed by atoms with Gasteiger partial charge in [-0.05, 0) is 75.0 Å². The molecule has 0 saturated carbocycles. The molecule has 0 aliphatic carbocycles. The van der Waals surface area contributed by atoms with Crippen LogP contribution in [0.3, 0.4) is 0 Å². The van der Waals surface area contributed by atoms with Crippen LogP contribution in [-0.2, 0) is 0 Å². The van der Waals surface area contributed by atoms with Crippen molar-refractivity contribution in [2.75, 3.05) is 0 Å². The summed E-state index contributed by atoms with van der Waals surface area (Å²) in [5, 5.41) is 13.9. The summed E-state index contributed by atoms with van der Waals surface area (Å²) < 4.78 is 11.9. The molecule has 0 saturated heterocycles. The third-order valence-corrected chi connectivity index (χ3v) is 15.1. The van der Waals surface area contributed by atoms with Crippen LogP contribution in [0.4, 0.5) is 0 Å². The first-order valence-corrected chi connectivity index (χ1v) is 24.1. The number of hydrogen-bond donors (Lipinski definition) is 0. The highest BCUT2D eigenvalue weighted by Gasteiger charge is 2.24. The van der Waals surface area contributed by atoms with Crippen molar-refractivity contribution in [2.24, 2.45) is 0 Å². The van der Waals surface area contributed by atoms with E-state index in [0.29, 0.717) is 17.5 Å². The monoisotopic (exact) mass is 896 g/mol. The van der Waals surface area contributed by atoms with Gasteiger partial charge in [0, 0.05) is 75.4 Å². The van der Waals surface area contributed by atoms with Crippen LogP contribution in [0.5, 0.6) is 0 Å². The third-order valence-electron chi connectivity index (χ3n) is 14.0. The van der Waals surface area contributed by atoms with Gasteiger partial charge in [-0.2, -0.15) is 0 Å². The molecule has 320 valence electrons. The molecule has 0 N–H and O–H groups in total. The van der Waals surface area contributed by atoms with Gasteiger partial charge in [0.1, 0.15) is 11.2 Å². The molecule has 15 rings (SSSR count). The Labute approximate surface area is 398 Å². The second kappa shape index (κ2) is 14.8. The number of furan rings is 1. The highest BCUT2D eigenvalue weighted by atomic mass is 32.1. The quantitative estimate of drug-likeness (QED) is 0.173. The van der Waals surface area contributed by atoms with Gasteiger partial charge in [-0.25, -0.2) is 15.0 Å². The van der Waals surface area contributed by atoms with Gasteiger partial charge >= 0.3 is 0 Å². The van der Waals surface area contributed by atoms with E-state index in [1.807, 2.05) is 6.07 Å². The molecule has 0 aliphatic heterocycles. The Morgan fingerprint density at radius 2 is 0.986 bits per heavy atom. The topological polar surface area (TPSA) is 56.7 Å². The van der Waals surface area contributed by atoms with Gasteiger partial charge in [0.2, 0.25) is 0 Å². The molecule has 0 unspecified atom stereocenters. The van der Waals surface area contributed by atoms with Crippen LogP contribution < -0.4 is 0 Å². The molecule has 4 aromatic heterocycles. The zero-order valence-electron chi connectivity index (χ0n) is 36.9. The summed E-state index contributed by atoms with van der Waals surface area (Å²) in [5.41, 5.74) is 9.82. The van der Waals surface area contributed by atoms with Gasteiger partial charge in [-0.3, -0.25) is 0 Å². The summed E-state index contributed by atoms with van der Waals surface area (Å²) in [6.45, 7) is 0. The number of benzene rings is 11. The van der Waals surface area contributed by atoms with Gasteiger partial charge in [0.05, 0.1) is 16.7 Å². The second-order valence-electron chi connectivity index (χ2n) is 17.9. The highest BCUT2D eigenvalue weighted by Crippen LogP contribution is 2.45. The standard InChI is InChI=1S/C63H36N4OS/c1-2-14-38(15-3-1)50-35-52-56(36-54(50)67-53-33-42-19-7-6-18-41(42)32-51(53)48-30-27-39-16-8-9-20-45(39)60(48)67)68-55-23-12-22-49(59(52)55)63-65-61(43-26-25-37-13-4-5-17-40(37)31-43)64-62(66-63)44-28-29-47-46-21-10-11-24-57(46)69-58(47)34-44/h1-36H. The largest absolute Gasteiger partial charge is 0.456 e. The van der Waals surface area contributed by atoms with Crippen LogP contribution >= 0.6 is 11.3 Å². The number of aromatic nitrogens is 4. The minimum absolute atomic E-state index is 0.582. The van der Waals surface area contributed by atoms with Crippen molar-refractivity contribution in [1.82, 2.24) is 19.5 Å². The van der Waals surface area contributed by atoms with Crippen molar-refractivity contribution >= 4 is 108 Å². The van der Waals surface area contributed by atoms with Crippen LogP contribution in [0, 0.1) is 0 Å². The summed E-state index contributed by atoms with van der Waals surface area (Å²) in [6, 6.07) is 78.1. The molecule has 15 aromatic rings. The lowest BCUT2D eigenvalue weighted by atomic mass is 9.98. The van der Waals surface area contributed by atoms with Gasteiger partial charge in [-0.15, -0.1) is 11.3 Å². The maximum absolute atomic E-state index is 7.00. The lowest BCUT2D eigenvalue weighted by Gasteiger charge is -2.16. The van der Waals surface area contributed by atoms with Crippen molar-refractivity contribution < 1.29 is 4.42 Å². The summed E-state index contributed by atoms with van der Waals surface area (Å²) in [6.07, 6.45) is 0. The van der Waals surface area contributed by atoms with Crippen LogP contribution in [0.15, 0.2) is 223 Å². The smallest absolute Gasteiger partial charge is 0.164 e. The fourth-order valence-corrected chi connectivity index (χ4v) is 11.9. The lowest BCUT2D eigenvalue weighted by molar-refractivity contribution is 0.668. The van der Waals surface area contributed by atoms with E-state index in [0.717, 1.165) is 71.7 Å². The van der Waals surface area contributed by atoms with Crippen molar-refractivity contribution in [3.63, 3.8) is 0 Å². The number of thiophene rings is 1. The molecule has 0 radical (unpaired) electrons.